The van der Waals surface area contributed by atoms with Crippen molar-refractivity contribution in [3.8, 4) is 0 Å². The Bertz CT molecular complexity index is 1370. The van der Waals surface area contributed by atoms with E-state index in [-0.39, 0.29) is 30.6 Å². The van der Waals surface area contributed by atoms with Gasteiger partial charge in [0.25, 0.3) is 11.8 Å². The van der Waals surface area contributed by atoms with Gasteiger partial charge in [0, 0.05) is 38.2 Å². The highest BCUT2D eigenvalue weighted by Gasteiger charge is 2.35. The summed E-state index contributed by atoms with van der Waals surface area (Å²) in [6.45, 7) is 5.04. The van der Waals surface area contributed by atoms with Gasteiger partial charge in [0.2, 0.25) is 0 Å². The van der Waals surface area contributed by atoms with Crippen LogP contribution in [0.3, 0.4) is 0 Å². The predicted molar refractivity (Wildman–Crippen MR) is 151 cm³/mol. The smallest absolute Gasteiger partial charge is 0.379 e. The number of hydrazone groups is 1. The second-order valence-electron chi connectivity index (χ2n) is 10.1. The van der Waals surface area contributed by atoms with Crippen molar-refractivity contribution in [1.29, 1.82) is 0 Å². The summed E-state index contributed by atoms with van der Waals surface area (Å²) in [4.78, 5) is 31.9. The number of hydrogen-bond donors (Lipinski definition) is 0. The molecule has 0 aliphatic carbocycles. The highest BCUT2D eigenvalue weighted by atomic mass is 32.1. The normalized spacial score (nSPS) is 17.9. The molecule has 1 atom stereocenters. The van der Waals surface area contributed by atoms with Crippen LogP contribution in [0.5, 0.6) is 0 Å². The number of amides is 2. The van der Waals surface area contributed by atoms with Crippen molar-refractivity contribution in [2.45, 2.75) is 25.6 Å². The zero-order valence-corrected chi connectivity index (χ0v) is 23.5. The lowest BCUT2D eigenvalue weighted by Crippen LogP contribution is -2.46. The van der Waals surface area contributed by atoms with Gasteiger partial charge in [0.15, 0.2) is 0 Å². The van der Waals surface area contributed by atoms with Crippen LogP contribution in [0.2, 0.25) is 0 Å². The number of carbonyl (C=O) groups excluding carboxylic acids is 2. The van der Waals surface area contributed by atoms with E-state index in [1.165, 1.54) is 9.91 Å². The average Bonchev–Trinajstić information content (AvgIpc) is 3.66. The molecule has 2 aromatic carbocycles. The standard InChI is InChI=1S/C30H31F3N4O3S/c1-21-4-6-22(7-5-21)26-19-25(27-3-2-18-41-27)34-37(26)28(38)20-36(13-12-35-14-16-40-17-15-35)29(39)23-8-10-24(11-9-23)30(31,32)33/h2-11,18,26H,12-17,19-20H2,1H3/t26-/m1/s1. The molecule has 216 valence electrons. The van der Waals surface area contributed by atoms with Crippen LogP contribution in [-0.4, -0.2) is 78.3 Å². The first-order valence-corrected chi connectivity index (χ1v) is 14.3. The number of halogens is 3. The molecule has 11 heteroatoms. The van der Waals surface area contributed by atoms with Gasteiger partial charge < -0.3 is 9.64 Å². The molecule has 3 heterocycles. The summed E-state index contributed by atoms with van der Waals surface area (Å²) in [6, 6.07) is 15.6. The maximum absolute atomic E-state index is 13.8. The number of morpholine rings is 1. The van der Waals surface area contributed by atoms with Crippen LogP contribution in [-0.2, 0) is 15.7 Å². The first-order chi connectivity index (χ1) is 19.7. The monoisotopic (exact) mass is 584 g/mol. The third-order valence-corrected chi connectivity index (χ3v) is 8.21. The fourth-order valence-corrected chi connectivity index (χ4v) is 5.66. The van der Waals surface area contributed by atoms with Crippen LogP contribution < -0.4 is 0 Å². The molecule has 2 amide bonds. The van der Waals surface area contributed by atoms with Crippen molar-refractivity contribution in [3.63, 3.8) is 0 Å². The molecule has 7 nitrogen and oxygen atoms in total. The minimum atomic E-state index is -4.51. The van der Waals surface area contributed by atoms with E-state index in [0.717, 1.165) is 46.0 Å². The molecular weight excluding hydrogens is 553 g/mol. The van der Waals surface area contributed by atoms with Crippen LogP contribution in [0.25, 0.3) is 0 Å². The van der Waals surface area contributed by atoms with Gasteiger partial charge in [0.1, 0.15) is 6.54 Å². The quantitative estimate of drug-likeness (QED) is 0.364. The molecule has 41 heavy (non-hydrogen) atoms. The number of aryl methyl sites for hydroxylation is 1. The molecule has 0 unspecified atom stereocenters. The van der Waals surface area contributed by atoms with Gasteiger partial charge in [-0.05, 0) is 48.2 Å². The van der Waals surface area contributed by atoms with Gasteiger partial charge in [-0.15, -0.1) is 11.3 Å². The molecule has 1 aromatic heterocycles. The van der Waals surface area contributed by atoms with E-state index in [4.69, 9.17) is 9.84 Å². The minimum Gasteiger partial charge on any atom is -0.379 e. The summed E-state index contributed by atoms with van der Waals surface area (Å²) in [6.07, 6.45) is -3.97. The van der Waals surface area contributed by atoms with E-state index >= 15 is 0 Å². The Labute approximate surface area is 240 Å². The van der Waals surface area contributed by atoms with Crippen molar-refractivity contribution in [2.75, 3.05) is 45.9 Å². The first-order valence-electron chi connectivity index (χ1n) is 13.5. The summed E-state index contributed by atoms with van der Waals surface area (Å²) in [5.41, 5.74) is 2.09. The fourth-order valence-electron chi connectivity index (χ4n) is 4.94. The molecule has 1 fully saturated rings. The maximum atomic E-state index is 13.8. The Balaban J connectivity index is 1.39. The van der Waals surface area contributed by atoms with Crippen molar-refractivity contribution >= 4 is 28.9 Å². The molecule has 1 saturated heterocycles. The maximum Gasteiger partial charge on any atom is 0.416 e. The van der Waals surface area contributed by atoms with Gasteiger partial charge in [0.05, 0.1) is 35.4 Å². The lowest BCUT2D eigenvalue weighted by molar-refractivity contribution is -0.137. The van der Waals surface area contributed by atoms with Crippen LogP contribution in [0.15, 0.2) is 71.1 Å². The van der Waals surface area contributed by atoms with Gasteiger partial charge >= 0.3 is 6.18 Å². The van der Waals surface area contributed by atoms with Crippen LogP contribution in [0.4, 0.5) is 13.2 Å². The van der Waals surface area contributed by atoms with Crippen molar-refractivity contribution in [3.05, 3.63) is 93.2 Å². The number of ether oxygens (including phenoxy) is 1. The topological polar surface area (TPSA) is 65.5 Å². The summed E-state index contributed by atoms with van der Waals surface area (Å²) in [5.74, 6) is -0.863. The van der Waals surface area contributed by atoms with E-state index < -0.39 is 17.6 Å². The number of carbonyl (C=O) groups is 2. The molecule has 5 rings (SSSR count). The minimum absolute atomic E-state index is 0.0899. The lowest BCUT2D eigenvalue weighted by atomic mass is 10.00. The number of thiophene rings is 1. The van der Waals surface area contributed by atoms with E-state index in [1.807, 2.05) is 48.7 Å². The van der Waals surface area contributed by atoms with E-state index in [9.17, 15) is 22.8 Å². The number of rotatable bonds is 8. The zero-order chi connectivity index (χ0) is 29.0. The Morgan fingerprint density at radius 1 is 1.05 bits per heavy atom. The highest BCUT2D eigenvalue weighted by molar-refractivity contribution is 7.12. The second-order valence-corrected chi connectivity index (χ2v) is 11.1. The molecule has 2 aliphatic rings. The highest BCUT2D eigenvalue weighted by Crippen LogP contribution is 2.34. The summed E-state index contributed by atoms with van der Waals surface area (Å²) < 4.78 is 44.7. The fraction of sp³-hybridized carbons (Fsp3) is 0.367. The van der Waals surface area contributed by atoms with Crippen molar-refractivity contribution in [1.82, 2.24) is 14.8 Å². The Morgan fingerprint density at radius 3 is 2.39 bits per heavy atom. The summed E-state index contributed by atoms with van der Waals surface area (Å²) in [7, 11) is 0. The molecular formula is C30H31F3N4O3S. The van der Waals surface area contributed by atoms with E-state index in [2.05, 4.69) is 4.90 Å². The molecule has 0 spiro atoms. The molecule has 0 radical (unpaired) electrons. The van der Waals surface area contributed by atoms with Crippen LogP contribution in [0.1, 0.15) is 44.4 Å². The van der Waals surface area contributed by atoms with Crippen molar-refractivity contribution in [2.24, 2.45) is 5.10 Å². The number of benzene rings is 2. The SMILES string of the molecule is Cc1ccc([C@H]2CC(c3cccs3)=NN2C(=O)CN(CCN2CCOCC2)C(=O)c2ccc(C(F)(F)F)cc2)cc1. The van der Waals surface area contributed by atoms with E-state index in [0.29, 0.717) is 39.3 Å². The largest absolute Gasteiger partial charge is 0.416 e. The zero-order valence-electron chi connectivity index (χ0n) is 22.6. The second kappa shape index (κ2) is 12.5. The molecule has 3 aromatic rings. The van der Waals surface area contributed by atoms with Gasteiger partial charge in [-0.2, -0.15) is 18.3 Å². The summed E-state index contributed by atoms with van der Waals surface area (Å²) in [5, 5.41) is 8.12. The summed E-state index contributed by atoms with van der Waals surface area (Å²) >= 11 is 1.55. The van der Waals surface area contributed by atoms with Gasteiger partial charge in [-0.3, -0.25) is 14.5 Å². The number of nitrogens with zero attached hydrogens (tertiary/aromatic N) is 4. The van der Waals surface area contributed by atoms with Crippen molar-refractivity contribution < 1.29 is 27.5 Å². The van der Waals surface area contributed by atoms with Crippen LogP contribution >= 0.6 is 11.3 Å². The van der Waals surface area contributed by atoms with E-state index in [1.54, 1.807) is 11.3 Å². The number of alkyl halides is 3. The van der Waals surface area contributed by atoms with Crippen LogP contribution in [0, 0.1) is 6.92 Å². The molecule has 2 aliphatic heterocycles. The number of hydrogen-bond acceptors (Lipinski definition) is 6. The Morgan fingerprint density at radius 2 is 1.76 bits per heavy atom. The lowest BCUT2D eigenvalue weighted by Gasteiger charge is -2.31. The van der Waals surface area contributed by atoms with Gasteiger partial charge in [-0.1, -0.05) is 35.9 Å². The predicted octanol–water partition coefficient (Wildman–Crippen LogP) is 5.23. The van der Waals surface area contributed by atoms with Gasteiger partial charge in [-0.25, -0.2) is 5.01 Å². The molecule has 0 N–H and O–H groups in total. The molecule has 0 saturated carbocycles. The first kappa shape index (κ1) is 29.0. The Kier molecular flexibility index (Phi) is 8.86. The Hall–Kier alpha value is -3.54. The third-order valence-electron chi connectivity index (χ3n) is 7.30. The molecule has 0 bridgehead atoms. The third kappa shape index (κ3) is 7.03. The average molecular weight is 585 g/mol.